The molecule has 1 unspecified atom stereocenters. The highest BCUT2D eigenvalue weighted by Crippen LogP contribution is 2.29. The molecule has 17 heavy (non-hydrogen) atoms. The van der Waals surface area contributed by atoms with Crippen LogP contribution < -0.4 is 9.64 Å². The minimum absolute atomic E-state index is 0.0704. The highest BCUT2D eigenvalue weighted by atomic mass is 19.1. The zero-order valence-electron chi connectivity index (χ0n) is 9.65. The molecule has 1 heterocycles. The summed E-state index contributed by atoms with van der Waals surface area (Å²) in [6.07, 6.45) is 2.13. The summed E-state index contributed by atoms with van der Waals surface area (Å²) in [5, 5.41) is 0. The fourth-order valence-corrected chi connectivity index (χ4v) is 1.96. The third kappa shape index (κ3) is 2.16. The van der Waals surface area contributed by atoms with E-state index in [0.29, 0.717) is 24.4 Å². The van der Waals surface area contributed by atoms with Crippen molar-refractivity contribution >= 4 is 11.6 Å². The molecule has 0 bridgehead atoms. The zero-order valence-corrected chi connectivity index (χ0v) is 9.65. The Morgan fingerprint density at radius 1 is 1.59 bits per heavy atom. The Bertz CT molecular complexity index is 459. The van der Waals surface area contributed by atoms with Gasteiger partial charge in [0.15, 0.2) is 5.82 Å². The predicted molar refractivity (Wildman–Crippen MR) is 63.6 cm³/mol. The van der Waals surface area contributed by atoms with Crippen molar-refractivity contribution in [2.24, 2.45) is 5.92 Å². The van der Waals surface area contributed by atoms with Gasteiger partial charge in [0.1, 0.15) is 5.75 Å². The number of carbonyl (C=O) groups excluding carboxylic acids is 1. The SMILES string of the molecule is C=CC1CC(=O)N(c2ccc(OC)cc2F)C1. The molecule has 1 atom stereocenters. The largest absolute Gasteiger partial charge is 0.497 e. The van der Waals surface area contributed by atoms with E-state index < -0.39 is 5.82 Å². The molecule has 1 fully saturated rings. The van der Waals surface area contributed by atoms with Gasteiger partial charge >= 0.3 is 0 Å². The Kier molecular flexibility index (Phi) is 3.13. The fourth-order valence-electron chi connectivity index (χ4n) is 1.96. The van der Waals surface area contributed by atoms with Crippen LogP contribution in [0.1, 0.15) is 6.42 Å². The number of rotatable bonds is 3. The number of nitrogens with zero attached hydrogens (tertiary/aromatic N) is 1. The lowest BCUT2D eigenvalue weighted by Gasteiger charge is -2.17. The Hall–Kier alpha value is -1.84. The summed E-state index contributed by atoms with van der Waals surface area (Å²) >= 11 is 0. The molecule has 90 valence electrons. The Morgan fingerprint density at radius 3 is 2.88 bits per heavy atom. The number of amides is 1. The molecule has 0 aliphatic carbocycles. The Morgan fingerprint density at radius 2 is 2.35 bits per heavy atom. The van der Waals surface area contributed by atoms with Crippen molar-refractivity contribution in [3.05, 3.63) is 36.7 Å². The molecule has 1 saturated heterocycles. The molecule has 2 rings (SSSR count). The van der Waals surface area contributed by atoms with Crippen LogP contribution in [0.15, 0.2) is 30.9 Å². The lowest BCUT2D eigenvalue weighted by Crippen LogP contribution is -2.25. The van der Waals surface area contributed by atoms with Gasteiger partial charge in [-0.1, -0.05) is 6.08 Å². The Labute approximate surface area is 99.5 Å². The van der Waals surface area contributed by atoms with Gasteiger partial charge in [-0.05, 0) is 12.1 Å². The summed E-state index contributed by atoms with van der Waals surface area (Å²) in [7, 11) is 1.48. The molecule has 3 nitrogen and oxygen atoms in total. The van der Waals surface area contributed by atoms with Gasteiger partial charge in [-0.2, -0.15) is 0 Å². The van der Waals surface area contributed by atoms with E-state index in [4.69, 9.17) is 4.74 Å². The van der Waals surface area contributed by atoms with Crippen molar-refractivity contribution in [1.82, 2.24) is 0 Å². The molecule has 0 radical (unpaired) electrons. The van der Waals surface area contributed by atoms with Crippen LogP contribution in [0.3, 0.4) is 0 Å². The first-order chi connectivity index (χ1) is 8.15. The first kappa shape index (κ1) is 11.6. The van der Waals surface area contributed by atoms with E-state index in [1.165, 1.54) is 18.1 Å². The summed E-state index contributed by atoms with van der Waals surface area (Å²) in [5.41, 5.74) is 0.306. The first-order valence-corrected chi connectivity index (χ1v) is 5.42. The van der Waals surface area contributed by atoms with Crippen molar-refractivity contribution in [2.45, 2.75) is 6.42 Å². The molecular weight excluding hydrogens is 221 g/mol. The summed E-state index contributed by atoms with van der Waals surface area (Å²) in [6.45, 7) is 4.15. The van der Waals surface area contributed by atoms with Crippen LogP contribution >= 0.6 is 0 Å². The second-order valence-electron chi connectivity index (χ2n) is 4.02. The highest BCUT2D eigenvalue weighted by Gasteiger charge is 2.30. The van der Waals surface area contributed by atoms with E-state index >= 15 is 0 Å². The highest BCUT2D eigenvalue weighted by molar-refractivity contribution is 5.96. The first-order valence-electron chi connectivity index (χ1n) is 5.42. The average molecular weight is 235 g/mol. The molecule has 1 aromatic rings. The number of benzene rings is 1. The number of hydrogen-bond acceptors (Lipinski definition) is 2. The predicted octanol–water partition coefficient (Wildman–Crippen LogP) is 2.37. The van der Waals surface area contributed by atoms with Crippen molar-refractivity contribution in [3.63, 3.8) is 0 Å². The van der Waals surface area contributed by atoms with Crippen LogP contribution in [-0.4, -0.2) is 19.6 Å². The third-order valence-corrected chi connectivity index (χ3v) is 2.93. The van der Waals surface area contributed by atoms with Crippen molar-refractivity contribution < 1.29 is 13.9 Å². The van der Waals surface area contributed by atoms with Crippen molar-refractivity contribution in [3.8, 4) is 5.75 Å². The van der Waals surface area contributed by atoms with Crippen LogP contribution in [0.4, 0.5) is 10.1 Å². The molecule has 1 aromatic carbocycles. The van der Waals surface area contributed by atoms with Crippen LogP contribution in [0.5, 0.6) is 5.75 Å². The van der Waals surface area contributed by atoms with Gasteiger partial charge in [-0.25, -0.2) is 4.39 Å². The minimum Gasteiger partial charge on any atom is -0.497 e. The van der Waals surface area contributed by atoms with Crippen molar-refractivity contribution in [1.29, 1.82) is 0 Å². The van der Waals surface area contributed by atoms with E-state index in [1.54, 1.807) is 18.2 Å². The summed E-state index contributed by atoms with van der Waals surface area (Å²) in [5.74, 6) is 0.0311. The smallest absolute Gasteiger partial charge is 0.227 e. The summed E-state index contributed by atoms with van der Waals surface area (Å²) in [6, 6.07) is 4.49. The lowest BCUT2D eigenvalue weighted by molar-refractivity contribution is -0.117. The fraction of sp³-hybridized carbons (Fsp3) is 0.308. The van der Waals surface area contributed by atoms with E-state index in [2.05, 4.69) is 6.58 Å². The Balaban J connectivity index is 2.28. The second kappa shape index (κ2) is 4.57. The molecule has 0 N–H and O–H groups in total. The molecule has 0 aromatic heterocycles. The van der Waals surface area contributed by atoms with Crippen molar-refractivity contribution in [2.75, 3.05) is 18.6 Å². The van der Waals surface area contributed by atoms with E-state index in [1.807, 2.05) is 0 Å². The molecular formula is C13H14FNO2. The second-order valence-corrected chi connectivity index (χ2v) is 4.02. The topological polar surface area (TPSA) is 29.5 Å². The van der Waals surface area contributed by atoms with Crippen LogP contribution in [-0.2, 0) is 4.79 Å². The number of hydrogen-bond donors (Lipinski definition) is 0. The maximum atomic E-state index is 13.8. The molecule has 4 heteroatoms. The van der Waals surface area contributed by atoms with E-state index in [0.717, 1.165) is 0 Å². The minimum atomic E-state index is -0.442. The van der Waals surface area contributed by atoms with Gasteiger partial charge in [-0.15, -0.1) is 6.58 Å². The van der Waals surface area contributed by atoms with Gasteiger partial charge < -0.3 is 9.64 Å². The normalized spacial score (nSPS) is 19.5. The lowest BCUT2D eigenvalue weighted by atomic mass is 10.1. The molecule has 1 aliphatic rings. The zero-order chi connectivity index (χ0) is 12.4. The number of ether oxygens (including phenoxy) is 1. The standard InChI is InChI=1S/C13H14FNO2/c1-3-9-6-13(16)15(8-9)12-5-4-10(17-2)7-11(12)14/h3-5,7,9H,1,6,8H2,2H3. The molecule has 0 saturated carbocycles. The summed E-state index contributed by atoms with van der Waals surface area (Å²) < 4.78 is 18.7. The van der Waals surface area contributed by atoms with Gasteiger partial charge in [0.25, 0.3) is 0 Å². The molecule has 1 amide bonds. The van der Waals surface area contributed by atoms with Crippen LogP contribution in [0.2, 0.25) is 0 Å². The van der Waals surface area contributed by atoms with Crippen LogP contribution in [0.25, 0.3) is 0 Å². The van der Waals surface area contributed by atoms with Gasteiger partial charge in [0.05, 0.1) is 12.8 Å². The maximum absolute atomic E-state index is 13.8. The maximum Gasteiger partial charge on any atom is 0.227 e. The number of carbonyl (C=O) groups is 1. The molecule has 1 aliphatic heterocycles. The van der Waals surface area contributed by atoms with E-state index in [-0.39, 0.29) is 11.8 Å². The average Bonchev–Trinajstić information content (AvgIpc) is 2.70. The van der Waals surface area contributed by atoms with Gasteiger partial charge in [0, 0.05) is 24.9 Å². The van der Waals surface area contributed by atoms with Gasteiger partial charge in [0.2, 0.25) is 5.91 Å². The summed E-state index contributed by atoms with van der Waals surface area (Å²) in [4.78, 5) is 13.2. The quantitative estimate of drug-likeness (QED) is 0.753. The van der Waals surface area contributed by atoms with Crippen LogP contribution in [0, 0.1) is 11.7 Å². The molecule has 0 spiro atoms. The number of halogens is 1. The van der Waals surface area contributed by atoms with Gasteiger partial charge in [-0.3, -0.25) is 4.79 Å². The third-order valence-electron chi connectivity index (χ3n) is 2.93. The van der Waals surface area contributed by atoms with E-state index in [9.17, 15) is 9.18 Å². The number of methoxy groups -OCH3 is 1. The number of anilines is 1. The monoisotopic (exact) mass is 235 g/mol.